The lowest BCUT2D eigenvalue weighted by Crippen LogP contribution is -2.14. The lowest BCUT2D eigenvalue weighted by atomic mass is 10.3. The third-order valence-corrected chi connectivity index (χ3v) is 4.80. The highest BCUT2D eigenvalue weighted by Crippen LogP contribution is 2.24. The Balaban J connectivity index is 1.63. The number of carbonyl (C=O) groups is 1. The van der Waals surface area contributed by atoms with Crippen LogP contribution in [-0.4, -0.2) is 41.6 Å². The maximum Gasteiger partial charge on any atom is 0.326 e. The van der Waals surface area contributed by atoms with E-state index in [4.69, 9.17) is 14.2 Å². The molecule has 6 nitrogen and oxygen atoms in total. The Kier molecular flexibility index (Phi) is 6.59. The number of rotatable bonds is 9. The summed E-state index contributed by atoms with van der Waals surface area (Å²) in [6.07, 6.45) is 0. The van der Waals surface area contributed by atoms with E-state index in [1.807, 2.05) is 53.1 Å². The van der Waals surface area contributed by atoms with Crippen molar-refractivity contribution in [3.8, 4) is 11.5 Å². The fourth-order valence-electron chi connectivity index (χ4n) is 2.62. The molecule has 0 saturated heterocycles. The number of hydrogen-bond acceptors (Lipinski definition) is 6. The predicted molar refractivity (Wildman–Crippen MR) is 106 cm³/mol. The molecule has 0 aliphatic heterocycles. The SMILES string of the molecule is CCOC(=O)Cn1c(SCCOc2ccc(OC)cc2)nc2ccccc21. The molecule has 0 unspecified atom stereocenters. The molecule has 0 aliphatic rings. The smallest absolute Gasteiger partial charge is 0.326 e. The highest BCUT2D eigenvalue weighted by molar-refractivity contribution is 7.99. The number of esters is 1. The number of hydrogen-bond donors (Lipinski definition) is 0. The van der Waals surface area contributed by atoms with Crippen molar-refractivity contribution in [2.75, 3.05) is 26.1 Å². The molecule has 0 atom stereocenters. The molecule has 0 bridgehead atoms. The fraction of sp³-hybridized carbons (Fsp3) is 0.300. The van der Waals surface area contributed by atoms with Gasteiger partial charge in [-0.3, -0.25) is 4.79 Å². The van der Waals surface area contributed by atoms with Crippen molar-refractivity contribution in [3.63, 3.8) is 0 Å². The van der Waals surface area contributed by atoms with Gasteiger partial charge in [0.05, 0.1) is 31.4 Å². The van der Waals surface area contributed by atoms with Gasteiger partial charge in [0.1, 0.15) is 18.0 Å². The van der Waals surface area contributed by atoms with Crippen molar-refractivity contribution in [3.05, 3.63) is 48.5 Å². The average Bonchev–Trinajstić information content (AvgIpc) is 3.03. The summed E-state index contributed by atoms with van der Waals surface area (Å²) >= 11 is 1.55. The minimum atomic E-state index is -0.267. The average molecular weight is 386 g/mol. The van der Waals surface area contributed by atoms with Gasteiger partial charge in [-0.05, 0) is 43.3 Å². The van der Waals surface area contributed by atoms with Crippen molar-refractivity contribution in [1.29, 1.82) is 0 Å². The van der Waals surface area contributed by atoms with Crippen LogP contribution in [0.5, 0.6) is 11.5 Å². The van der Waals surface area contributed by atoms with Crippen LogP contribution in [0, 0.1) is 0 Å². The van der Waals surface area contributed by atoms with E-state index in [9.17, 15) is 4.79 Å². The Morgan fingerprint density at radius 3 is 2.59 bits per heavy atom. The molecule has 0 fully saturated rings. The molecule has 27 heavy (non-hydrogen) atoms. The van der Waals surface area contributed by atoms with E-state index in [0.717, 1.165) is 27.7 Å². The van der Waals surface area contributed by atoms with Crippen LogP contribution in [0.3, 0.4) is 0 Å². The van der Waals surface area contributed by atoms with Gasteiger partial charge in [0.2, 0.25) is 0 Å². The first-order valence-corrected chi connectivity index (χ1v) is 9.70. The van der Waals surface area contributed by atoms with Gasteiger partial charge < -0.3 is 18.8 Å². The normalized spacial score (nSPS) is 10.7. The molecule has 142 valence electrons. The quantitative estimate of drug-likeness (QED) is 0.317. The van der Waals surface area contributed by atoms with Crippen LogP contribution in [-0.2, 0) is 16.1 Å². The van der Waals surface area contributed by atoms with Gasteiger partial charge in [-0.1, -0.05) is 23.9 Å². The van der Waals surface area contributed by atoms with Crippen LogP contribution in [0.1, 0.15) is 6.92 Å². The molecule has 3 rings (SSSR count). The van der Waals surface area contributed by atoms with E-state index in [0.29, 0.717) is 19.0 Å². The standard InChI is InChI=1S/C20H22N2O4S/c1-3-25-19(23)14-22-18-7-5-4-6-17(18)21-20(22)27-13-12-26-16-10-8-15(24-2)9-11-16/h4-11H,3,12-14H2,1-2H3. The molecule has 0 saturated carbocycles. The van der Waals surface area contributed by atoms with Crippen LogP contribution >= 0.6 is 11.8 Å². The molecule has 2 aromatic carbocycles. The summed E-state index contributed by atoms with van der Waals surface area (Å²) in [5, 5.41) is 0.780. The number of para-hydroxylation sites is 2. The molecule has 1 aromatic heterocycles. The van der Waals surface area contributed by atoms with Crippen molar-refractivity contribution in [2.45, 2.75) is 18.6 Å². The van der Waals surface area contributed by atoms with Crippen LogP contribution in [0.2, 0.25) is 0 Å². The Bertz CT molecular complexity index is 893. The third-order valence-electron chi connectivity index (χ3n) is 3.85. The molecule has 0 amide bonds. The van der Waals surface area contributed by atoms with E-state index < -0.39 is 0 Å². The molecule has 0 N–H and O–H groups in total. The van der Waals surface area contributed by atoms with E-state index in [2.05, 4.69) is 4.98 Å². The van der Waals surface area contributed by atoms with Crippen molar-refractivity contribution >= 4 is 28.8 Å². The van der Waals surface area contributed by atoms with Crippen LogP contribution in [0.4, 0.5) is 0 Å². The summed E-state index contributed by atoms with van der Waals surface area (Å²) in [4.78, 5) is 16.6. The van der Waals surface area contributed by atoms with E-state index in [1.165, 1.54) is 0 Å². The Morgan fingerprint density at radius 2 is 1.85 bits per heavy atom. The predicted octanol–water partition coefficient (Wildman–Crippen LogP) is 3.78. The van der Waals surface area contributed by atoms with Crippen LogP contribution in [0.15, 0.2) is 53.7 Å². The number of benzene rings is 2. The Labute approximate surface area is 162 Å². The summed E-state index contributed by atoms with van der Waals surface area (Å²) in [6.45, 7) is 2.84. The van der Waals surface area contributed by atoms with E-state index >= 15 is 0 Å². The van der Waals surface area contributed by atoms with Gasteiger partial charge in [0, 0.05) is 5.75 Å². The number of fused-ring (bicyclic) bond motifs is 1. The molecule has 0 aliphatic carbocycles. The van der Waals surface area contributed by atoms with Gasteiger partial charge in [0.15, 0.2) is 5.16 Å². The monoisotopic (exact) mass is 386 g/mol. The Morgan fingerprint density at radius 1 is 1.11 bits per heavy atom. The summed E-state index contributed by atoms with van der Waals surface area (Å²) < 4.78 is 17.9. The van der Waals surface area contributed by atoms with Gasteiger partial charge in [-0.25, -0.2) is 4.98 Å². The van der Waals surface area contributed by atoms with Gasteiger partial charge in [0.25, 0.3) is 0 Å². The summed E-state index contributed by atoms with van der Waals surface area (Å²) in [7, 11) is 1.63. The lowest BCUT2D eigenvalue weighted by molar-refractivity contribution is -0.143. The van der Waals surface area contributed by atoms with E-state index in [1.54, 1.807) is 25.8 Å². The lowest BCUT2D eigenvalue weighted by Gasteiger charge is -2.09. The van der Waals surface area contributed by atoms with E-state index in [-0.39, 0.29) is 12.5 Å². The number of imidazole rings is 1. The topological polar surface area (TPSA) is 62.6 Å². The molecule has 0 radical (unpaired) electrons. The van der Waals surface area contributed by atoms with Gasteiger partial charge in [-0.2, -0.15) is 0 Å². The molecular weight excluding hydrogens is 364 g/mol. The molecule has 7 heteroatoms. The second kappa shape index (κ2) is 9.32. The number of thioether (sulfide) groups is 1. The van der Waals surface area contributed by atoms with Crippen molar-refractivity contribution in [1.82, 2.24) is 9.55 Å². The number of nitrogens with zero attached hydrogens (tertiary/aromatic N) is 2. The first-order valence-electron chi connectivity index (χ1n) is 8.71. The molecular formula is C20H22N2O4S. The minimum absolute atomic E-state index is 0.149. The summed E-state index contributed by atoms with van der Waals surface area (Å²) in [5.74, 6) is 2.02. The Hall–Kier alpha value is -2.67. The van der Waals surface area contributed by atoms with Gasteiger partial charge >= 0.3 is 5.97 Å². The zero-order chi connectivity index (χ0) is 19.1. The maximum atomic E-state index is 12.0. The molecule has 0 spiro atoms. The number of methoxy groups -OCH3 is 1. The second-order valence-corrected chi connectivity index (χ2v) is 6.71. The summed E-state index contributed by atoms with van der Waals surface area (Å²) in [6, 6.07) is 15.2. The number of carbonyl (C=O) groups excluding carboxylic acids is 1. The van der Waals surface area contributed by atoms with Crippen LogP contribution in [0.25, 0.3) is 11.0 Å². The first-order chi connectivity index (χ1) is 13.2. The maximum absolute atomic E-state index is 12.0. The summed E-state index contributed by atoms with van der Waals surface area (Å²) in [5.41, 5.74) is 1.78. The minimum Gasteiger partial charge on any atom is -0.497 e. The van der Waals surface area contributed by atoms with Crippen molar-refractivity contribution in [2.24, 2.45) is 0 Å². The largest absolute Gasteiger partial charge is 0.497 e. The third kappa shape index (κ3) is 4.95. The molecule has 3 aromatic rings. The first kappa shape index (κ1) is 19.1. The van der Waals surface area contributed by atoms with Crippen LogP contribution < -0.4 is 9.47 Å². The van der Waals surface area contributed by atoms with Gasteiger partial charge in [-0.15, -0.1) is 0 Å². The molecule has 1 heterocycles. The highest BCUT2D eigenvalue weighted by atomic mass is 32.2. The van der Waals surface area contributed by atoms with Crippen molar-refractivity contribution < 1.29 is 19.0 Å². The zero-order valence-electron chi connectivity index (χ0n) is 15.4. The zero-order valence-corrected chi connectivity index (χ0v) is 16.2. The number of aromatic nitrogens is 2. The second-order valence-electron chi connectivity index (χ2n) is 5.65. The number of ether oxygens (including phenoxy) is 3. The highest BCUT2D eigenvalue weighted by Gasteiger charge is 2.14. The fourth-order valence-corrected chi connectivity index (χ4v) is 3.45.